The third-order valence-corrected chi connectivity index (χ3v) is 4.51. The van der Waals surface area contributed by atoms with E-state index in [1.165, 1.54) is 10.5 Å². The van der Waals surface area contributed by atoms with Gasteiger partial charge in [-0.05, 0) is 6.92 Å². The molecule has 0 unspecified atom stereocenters. The van der Waals surface area contributed by atoms with E-state index < -0.39 is 0 Å². The van der Waals surface area contributed by atoms with Crippen molar-refractivity contribution in [2.75, 3.05) is 46.4 Å². The van der Waals surface area contributed by atoms with Gasteiger partial charge in [-0.1, -0.05) is 30.3 Å². The predicted molar refractivity (Wildman–Crippen MR) is 85.9 cm³/mol. The van der Waals surface area contributed by atoms with E-state index in [1.54, 1.807) is 12.0 Å². The van der Waals surface area contributed by atoms with Gasteiger partial charge < -0.3 is 19.9 Å². The highest BCUT2D eigenvalue weighted by Crippen LogP contribution is 1.95. The Kier molecular flexibility index (Phi) is 6.83. The molecule has 22 heavy (non-hydrogen) atoms. The maximum atomic E-state index is 12.1. The largest absolute Gasteiger partial charge is 0.383 e. The Morgan fingerprint density at radius 1 is 1.23 bits per heavy atom. The number of carbonyl (C=O) groups is 1. The second-order valence-corrected chi connectivity index (χ2v) is 6.08. The molecule has 0 spiro atoms. The number of amides is 1. The first kappa shape index (κ1) is 16.9. The van der Waals surface area contributed by atoms with Crippen molar-refractivity contribution < 1.29 is 19.3 Å². The molecular weight excluding hydrogens is 278 g/mol. The van der Waals surface area contributed by atoms with Crippen LogP contribution in [0.15, 0.2) is 30.3 Å². The van der Waals surface area contributed by atoms with Gasteiger partial charge >= 0.3 is 0 Å². The molecule has 1 fully saturated rings. The van der Waals surface area contributed by atoms with Crippen LogP contribution < -0.4 is 15.1 Å². The van der Waals surface area contributed by atoms with Gasteiger partial charge in [0.1, 0.15) is 32.7 Å². The van der Waals surface area contributed by atoms with Gasteiger partial charge in [-0.3, -0.25) is 4.79 Å². The van der Waals surface area contributed by atoms with Gasteiger partial charge in [0.25, 0.3) is 5.91 Å². The Labute approximate surface area is 133 Å². The van der Waals surface area contributed by atoms with Crippen LogP contribution in [-0.2, 0) is 16.1 Å². The van der Waals surface area contributed by atoms with E-state index in [-0.39, 0.29) is 11.9 Å². The molecule has 122 valence electrons. The smallest absolute Gasteiger partial charge is 0.278 e. The average molecular weight is 307 g/mol. The van der Waals surface area contributed by atoms with Gasteiger partial charge in [-0.15, -0.1) is 0 Å². The summed E-state index contributed by atoms with van der Waals surface area (Å²) in [6.07, 6.45) is 0. The first-order valence-corrected chi connectivity index (χ1v) is 8.19. The van der Waals surface area contributed by atoms with Crippen molar-refractivity contribution in [3.8, 4) is 0 Å². The lowest BCUT2D eigenvalue weighted by Crippen LogP contribution is -3.29. The van der Waals surface area contributed by atoms with Gasteiger partial charge in [-0.2, -0.15) is 0 Å². The Morgan fingerprint density at radius 2 is 1.91 bits per heavy atom. The van der Waals surface area contributed by atoms with Crippen LogP contribution in [0.3, 0.4) is 0 Å². The molecule has 0 bridgehead atoms. The lowest BCUT2D eigenvalue weighted by atomic mass is 10.1. The van der Waals surface area contributed by atoms with Crippen molar-refractivity contribution in [2.45, 2.75) is 19.5 Å². The zero-order chi connectivity index (χ0) is 15.8. The minimum Gasteiger partial charge on any atom is -0.383 e. The SMILES string of the molecule is COCCNC(=O)[C@@H](C)[NH+]1CC[NH+](Cc2ccccc2)CC1. The van der Waals surface area contributed by atoms with Crippen LogP contribution in [0.5, 0.6) is 0 Å². The quantitative estimate of drug-likeness (QED) is 0.517. The standard InChI is InChI=1S/C17H27N3O2/c1-15(17(21)18-8-13-22-2)20-11-9-19(10-12-20)14-16-6-4-3-5-7-16/h3-7,15H,8-14H2,1-2H3,(H,18,21)/p+2/t15-/m1/s1. The molecule has 1 aliphatic rings. The molecule has 1 aromatic carbocycles. The lowest BCUT2D eigenvalue weighted by molar-refractivity contribution is -1.02. The predicted octanol–water partition coefficient (Wildman–Crippen LogP) is -1.88. The van der Waals surface area contributed by atoms with E-state index >= 15 is 0 Å². The van der Waals surface area contributed by atoms with E-state index in [1.807, 2.05) is 6.92 Å². The number of hydrogen-bond donors (Lipinski definition) is 3. The van der Waals surface area contributed by atoms with Gasteiger partial charge in [0.15, 0.2) is 6.04 Å². The van der Waals surface area contributed by atoms with Crippen molar-refractivity contribution >= 4 is 5.91 Å². The molecule has 5 heteroatoms. The van der Waals surface area contributed by atoms with Crippen molar-refractivity contribution in [2.24, 2.45) is 0 Å². The number of nitrogens with one attached hydrogen (secondary N) is 3. The average Bonchev–Trinajstić information content (AvgIpc) is 2.56. The van der Waals surface area contributed by atoms with E-state index in [9.17, 15) is 4.79 Å². The van der Waals surface area contributed by atoms with E-state index in [2.05, 4.69) is 35.6 Å². The second kappa shape index (κ2) is 8.88. The highest BCUT2D eigenvalue weighted by molar-refractivity contribution is 5.79. The Morgan fingerprint density at radius 3 is 2.55 bits per heavy atom. The summed E-state index contributed by atoms with van der Waals surface area (Å²) >= 11 is 0. The molecule has 2 rings (SSSR count). The fourth-order valence-electron chi connectivity index (χ4n) is 3.03. The van der Waals surface area contributed by atoms with Crippen LogP contribution >= 0.6 is 0 Å². The number of piperazine rings is 1. The fourth-order valence-corrected chi connectivity index (χ4v) is 3.03. The minimum absolute atomic E-state index is 0.0233. The number of benzene rings is 1. The van der Waals surface area contributed by atoms with Crippen LogP contribution in [0.2, 0.25) is 0 Å². The molecule has 0 aromatic heterocycles. The molecule has 0 saturated carbocycles. The minimum atomic E-state index is 0.0233. The molecular formula is C17H29N3O2+2. The summed E-state index contributed by atoms with van der Waals surface area (Å²) in [6.45, 7) is 8.64. The van der Waals surface area contributed by atoms with Crippen LogP contribution in [0.4, 0.5) is 0 Å². The van der Waals surface area contributed by atoms with Crippen LogP contribution in [0.25, 0.3) is 0 Å². The van der Waals surface area contributed by atoms with Gasteiger partial charge in [0, 0.05) is 19.2 Å². The van der Waals surface area contributed by atoms with Crippen molar-refractivity contribution in [1.29, 1.82) is 0 Å². The highest BCUT2D eigenvalue weighted by atomic mass is 16.5. The molecule has 0 radical (unpaired) electrons. The summed E-state index contributed by atoms with van der Waals surface area (Å²) in [7, 11) is 1.65. The number of carbonyl (C=O) groups excluding carboxylic acids is 1. The molecule has 1 saturated heterocycles. The molecule has 1 heterocycles. The molecule has 0 aliphatic carbocycles. The maximum Gasteiger partial charge on any atom is 0.278 e. The summed E-state index contributed by atoms with van der Waals surface area (Å²) in [5, 5.41) is 2.94. The van der Waals surface area contributed by atoms with Crippen LogP contribution in [0, 0.1) is 0 Å². The third kappa shape index (κ3) is 5.09. The Hall–Kier alpha value is -1.43. The normalized spacial score (nSPS) is 23.0. The monoisotopic (exact) mass is 307 g/mol. The van der Waals surface area contributed by atoms with E-state index in [4.69, 9.17) is 4.74 Å². The summed E-state index contributed by atoms with van der Waals surface area (Å²) in [4.78, 5) is 15.1. The Bertz CT molecular complexity index is 444. The maximum absolute atomic E-state index is 12.1. The molecule has 1 aliphatic heterocycles. The zero-order valence-corrected chi connectivity index (χ0v) is 13.7. The number of quaternary nitrogens is 2. The summed E-state index contributed by atoms with van der Waals surface area (Å²) in [5.74, 6) is 0.138. The molecule has 5 nitrogen and oxygen atoms in total. The van der Waals surface area contributed by atoms with Crippen molar-refractivity contribution in [3.05, 3.63) is 35.9 Å². The topological polar surface area (TPSA) is 47.2 Å². The van der Waals surface area contributed by atoms with Gasteiger partial charge in [0.05, 0.1) is 6.61 Å². The van der Waals surface area contributed by atoms with Crippen LogP contribution in [0.1, 0.15) is 12.5 Å². The van der Waals surface area contributed by atoms with E-state index in [0.29, 0.717) is 13.2 Å². The highest BCUT2D eigenvalue weighted by Gasteiger charge is 2.30. The Balaban J connectivity index is 1.73. The number of methoxy groups -OCH3 is 1. The van der Waals surface area contributed by atoms with Gasteiger partial charge in [0.2, 0.25) is 0 Å². The zero-order valence-electron chi connectivity index (χ0n) is 13.7. The van der Waals surface area contributed by atoms with Gasteiger partial charge in [-0.25, -0.2) is 0 Å². The molecule has 3 N–H and O–H groups in total. The summed E-state index contributed by atoms with van der Waals surface area (Å²) in [5.41, 5.74) is 1.39. The van der Waals surface area contributed by atoms with Crippen molar-refractivity contribution in [3.63, 3.8) is 0 Å². The molecule has 1 aromatic rings. The summed E-state index contributed by atoms with van der Waals surface area (Å²) < 4.78 is 4.96. The fraction of sp³-hybridized carbons (Fsp3) is 0.588. The van der Waals surface area contributed by atoms with E-state index in [0.717, 1.165) is 32.7 Å². The number of ether oxygens (including phenoxy) is 1. The number of rotatable bonds is 7. The lowest BCUT2D eigenvalue weighted by Gasteiger charge is -2.32. The molecule has 1 amide bonds. The van der Waals surface area contributed by atoms with Crippen molar-refractivity contribution in [1.82, 2.24) is 5.32 Å². The third-order valence-electron chi connectivity index (χ3n) is 4.51. The first-order valence-electron chi connectivity index (χ1n) is 8.19. The van der Waals surface area contributed by atoms with Crippen LogP contribution in [-0.4, -0.2) is 58.4 Å². The number of hydrogen-bond acceptors (Lipinski definition) is 2. The second-order valence-electron chi connectivity index (χ2n) is 6.08. The molecule has 1 atom stereocenters. The summed E-state index contributed by atoms with van der Waals surface area (Å²) in [6, 6.07) is 10.7. The first-order chi connectivity index (χ1) is 10.7.